The summed E-state index contributed by atoms with van der Waals surface area (Å²) in [5, 5.41) is 1.84. The van der Waals surface area contributed by atoms with Crippen molar-refractivity contribution in [3.05, 3.63) is 65.3 Å². The van der Waals surface area contributed by atoms with E-state index >= 15 is 0 Å². The van der Waals surface area contributed by atoms with Crippen LogP contribution in [0.4, 0.5) is 0 Å². The highest BCUT2D eigenvalue weighted by Crippen LogP contribution is 2.28. The molecule has 3 aromatic rings. The normalized spacial score (nSPS) is 20.3. The summed E-state index contributed by atoms with van der Waals surface area (Å²) >= 11 is 6.40. The number of halogens is 1. The minimum Gasteiger partial charge on any atom is -0.337 e. The van der Waals surface area contributed by atoms with E-state index in [4.69, 9.17) is 11.6 Å². The van der Waals surface area contributed by atoms with E-state index in [9.17, 15) is 4.79 Å². The van der Waals surface area contributed by atoms with Crippen molar-refractivity contribution in [1.82, 2.24) is 14.4 Å². The van der Waals surface area contributed by atoms with Gasteiger partial charge in [0.1, 0.15) is 0 Å². The molecule has 2 saturated heterocycles. The predicted octanol–water partition coefficient (Wildman–Crippen LogP) is 4.59. The van der Waals surface area contributed by atoms with Crippen molar-refractivity contribution in [3.63, 3.8) is 0 Å². The summed E-state index contributed by atoms with van der Waals surface area (Å²) in [5.74, 6) is 0.142. The van der Waals surface area contributed by atoms with E-state index < -0.39 is 0 Å². The smallest absolute Gasteiger partial charge is 0.253 e. The molecule has 0 N–H and O–H groups in total. The maximum atomic E-state index is 13.0. The van der Waals surface area contributed by atoms with Crippen molar-refractivity contribution >= 4 is 28.4 Å². The van der Waals surface area contributed by atoms with E-state index in [1.165, 1.54) is 25.9 Å². The zero-order valence-corrected chi connectivity index (χ0v) is 16.6. The standard InChI is InChI=1S/C23H24ClN3O/c24-21-5-3-4-17-10-15-27(22(17)21)19-8-6-18(7-9-19)23(28)26-14-11-20(16-26)25-12-1-2-13-25/h3-10,15,20H,1-2,11-14,16H2/t20-/m0/s1. The Balaban J connectivity index is 1.34. The number of aromatic nitrogens is 1. The zero-order chi connectivity index (χ0) is 19.1. The molecule has 4 nitrogen and oxygen atoms in total. The van der Waals surface area contributed by atoms with Crippen LogP contribution in [0.2, 0.25) is 5.02 Å². The van der Waals surface area contributed by atoms with Crippen LogP contribution in [0.25, 0.3) is 16.6 Å². The summed E-state index contributed by atoms with van der Waals surface area (Å²) in [6.45, 7) is 4.10. The first-order valence-corrected chi connectivity index (χ1v) is 10.5. The van der Waals surface area contributed by atoms with Crippen molar-refractivity contribution in [1.29, 1.82) is 0 Å². The Hall–Kier alpha value is -2.30. The van der Waals surface area contributed by atoms with E-state index in [1.54, 1.807) is 0 Å². The number of carbonyl (C=O) groups is 1. The van der Waals surface area contributed by atoms with Gasteiger partial charge in [-0.15, -0.1) is 0 Å². The van der Waals surface area contributed by atoms with E-state index in [2.05, 4.69) is 21.6 Å². The fraction of sp³-hybridized carbons (Fsp3) is 0.348. The Bertz CT molecular complexity index is 1000. The summed E-state index contributed by atoms with van der Waals surface area (Å²) in [7, 11) is 0. The van der Waals surface area contributed by atoms with E-state index in [1.807, 2.05) is 47.5 Å². The number of fused-ring (bicyclic) bond motifs is 1. The molecule has 1 aromatic heterocycles. The third-order valence-electron chi connectivity index (χ3n) is 6.16. The lowest BCUT2D eigenvalue weighted by molar-refractivity contribution is 0.0780. The zero-order valence-electron chi connectivity index (χ0n) is 15.9. The Morgan fingerprint density at radius 1 is 0.964 bits per heavy atom. The summed E-state index contributed by atoms with van der Waals surface area (Å²) in [5.41, 5.74) is 2.76. The van der Waals surface area contributed by atoms with Gasteiger partial charge >= 0.3 is 0 Å². The Labute approximate surface area is 170 Å². The predicted molar refractivity (Wildman–Crippen MR) is 113 cm³/mol. The first-order valence-electron chi connectivity index (χ1n) is 10.1. The molecule has 5 rings (SSSR count). The quantitative estimate of drug-likeness (QED) is 0.650. The van der Waals surface area contributed by atoms with Crippen LogP contribution in [0.15, 0.2) is 54.7 Å². The van der Waals surface area contributed by atoms with Gasteiger partial charge in [0.2, 0.25) is 0 Å². The van der Waals surface area contributed by atoms with Crippen molar-refractivity contribution in [2.45, 2.75) is 25.3 Å². The third kappa shape index (κ3) is 3.11. The van der Waals surface area contributed by atoms with Gasteiger partial charge in [0, 0.05) is 42.0 Å². The SMILES string of the molecule is O=C(c1ccc(-n2ccc3cccc(Cl)c32)cc1)N1CC[C@H](N2CCCC2)C1. The van der Waals surface area contributed by atoms with Crippen LogP contribution in [-0.4, -0.2) is 52.5 Å². The van der Waals surface area contributed by atoms with Crippen LogP contribution in [0.5, 0.6) is 0 Å². The minimum absolute atomic E-state index is 0.142. The molecule has 28 heavy (non-hydrogen) atoms. The Morgan fingerprint density at radius 3 is 2.54 bits per heavy atom. The Morgan fingerprint density at radius 2 is 1.75 bits per heavy atom. The molecular weight excluding hydrogens is 370 g/mol. The number of rotatable bonds is 3. The monoisotopic (exact) mass is 393 g/mol. The highest BCUT2D eigenvalue weighted by atomic mass is 35.5. The van der Waals surface area contributed by atoms with Crippen LogP contribution in [-0.2, 0) is 0 Å². The minimum atomic E-state index is 0.142. The summed E-state index contributed by atoms with van der Waals surface area (Å²) in [6.07, 6.45) is 5.71. The lowest BCUT2D eigenvalue weighted by Gasteiger charge is -2.23. The number of nitrogens with zero attached hydrogens (tertiary/aromatic N) is 3. The van der Waals surface area contributed by atoms with Gasteiger partial charge in [0.25, 0.3) is 5.91 Å². The number of amides is 1. The number of benzene rings is 2. The molecule has 2 fully saturated rings. The number of hydrogen-bond acceptors (Lipinski definition) is 2. The topological polar surface area (TPSA) is 28.5 Å². The van der Waals surface area contributed by atoms with Crippen molar-refractivity contribution in [3.8, 4) is 5.69 Å². The number of likely N-dealkylation sites (tertiary alicyclic amines) is 2. The molecule has 3 heterocycles. The summed E-state index contributed by atoms with van der Waals surface area (Å²) in [6, 6.07) is 16.4. The second-order valence-electron chi connectivity index (χ2n) is 7.85. The van der Waals surface area contributed by atoms with Gasteiger partial charge in [0.05, 0.1) is 10.5 Å². The summed E-state index contributed by atoms with van der Waals surface area (Å²) in [4.78, 5) is 17.5. The molecule has 2 aliphatic heterocycles. The largest absolute Gasteiger partial charge is 0.337 e. The Kier molecular flexibility index (Phi) is 4.61. The number of carbonyl (C=O) groups excluding carboxylic acids is 1. The van der Waals surface area contributed by atoms with Crippen molar-refractivity contribution in [2.24, 2.45) is 0 Å². The first-order chi connectivity index (χ1) is 13.7. The number of hydrogen-bond donors (Lipinski definition) is 0. The lowest BCUT2D eigenvalue weighted by Crippen LogP contribution is -2.37. The second kappa shape index (κ2) is 7.26. The first kappa shape index (κ1) is 17.8. The van der Waals surface area contributed by atoms with Crippen molar-refractivity contribution in [2.75, 3.05) is 26.2 Å². The molecule has 1 atom stereocenters. The molecule has 2 aromatic carbocycles. The van der Waals surface area contributed by atoms with Gasteiger partial charge in [-0.3, -0.25) is 9.69 Å². The molecule has 0 bridgehead atoms. The van der Waals surface area contributed by atoms with Crippen LogP contribution in [0.3, 0.4) is 0 Å². The van der Waals surface area contributed by atoms with Gasteiger partial charge < -0.3 is 9.47 Å². The molecule has 0 radical (unpaired) electrons. The van der Waals surface area contributed by atoms with Gasteiger partial charge in [0.15, 0.2) is 0 Å². The summed E-state index contributed by atoms with van der Waals surface area (Å²) < 4.78 is 2.07. The highest BCUT2D eigenvalue weighted by Gasteiger charge is 2.31. The molecule has 0 spiro atoms. The molecule has 144 valence electrons. The molecule has 0 unspecified atom stereocenters. The van der Waals surface area contributed by atoms with Gasteiger partial charge in [-0.2, -0.15) is 0 Å². The number of para-hydroxylation sites is 1. The average Bonchev–Trinajstić information content (AvgIpc) is 3.47. The maximum absolute atomic E-state index is 13.0. The van der Waals surface area contributed by atoms with Gasteiger partial charge in [-0.1, -0.05) is 23.7 Å². The molecule has 0 aliphatic carbocycles. The van der Waals surface area contributed by atoms with Crippen LogP contribution in [0, 0.1) is 0 Å². The average molecular weight is 394 g/mol. The molecule has 0 saturated carbocycles. The maximum Gasteiger partial charge on any atom is 0.253 e. The molecule has 1 amide bonds. The van der Waals surface area contributed by atoms with Crippen molar-refractivity contribution < 1.29 is 4.79 Å². The lowest BCUT2D eigenvalue weighted by atomic mass is 10.1. The fourth-order valence-electron chi connectivity index (χ4n) is 4.64. The van der Waals surface area contributed by atoms with Crippen LogP contribution < -0.4 is 0 Å². The third-order valence-corrected chi connectivity index (χ3v) is 6.47. The van der Waals surface area contributed by atoms with E-state index in [0.29, 0.717) is 6.04 Å². The van der Waals surface area contributed by atoms with Gasteiger partial charge in [-0.25, -0.2) is 0 Å². The van der Waals surface area contributed by atoms with Crippen LogP contribution >= 0.6 is 11.6 Å². The second-order valence-corrected chi connectivity index (χ2v) is 8.25. The van der Waals surface area contributed by atoms with Gasteiger partial charge in [-0.05, 0) is 68.8 Å². The van der Waals surface area contributed by atoms with E-state index in [0.717, 1.165) is 46.7 Å². The molecule has 5 heteroatoms. The van der Waals surface area contributed by atoms with Crippen LogP contribution in [0.1, 0.15) is 29.6 Å². The fourth-order valence-corrected chi connectivity index (χ4v) is 4.92. The molecule has 2 aliphatic rings. The molecular formula is C23H24ClN3O. The highest BCUT2D eigenvalue weighted by molar-refractivity contribution is 6.35. The van der Waals surface area contributed by atoms with E-state index in [-0.39, 0.29) is 5.91 Å².